The van der Waals surface area contributed by atoms with Crippen molar-refractivity contribution < 1.29 is 14.3 Å². The number of ether oxygens (including phenoxy) is 1. The first kappa shape index (κ1) is 13.6. The van der Waals surface area contributed by atoms with Crippen molar-refractivity contribution in [3.63, 3.8) is 0 Å². The molecule has 22 heavy (non-hydrogen) atoms. The van der Waals surface area contributed by atoms with Gasteiger partial charge in [0, 0.05) is 5.69 Å². The van der Waals surface area contributed by atoms with Crippen LogP contribution in [0.25, 0.3) is 0 Å². The van der Waals surface area contributed by atoms with E-state index in [4.69, 9.17) is 10.00 Å². The van der Waals surface area contributed by atoms with Crippen LogP contribution in [-0.2, 0) is 9.59 Å². The minimum Gasteiger partial charge on any atom is -0.468 e. The number of carbonyl (C=O) groups is 2. The van der Waals surface area contributed by atoms with Crippen molar-refractivity contribution in [1.82, 2.24) is 0 Å². The summed E-state index contributed by atoms with van der Waals surface area (Å²) in [5.41, 5.74) is 1.51. The minimum absolute atomic E-state index is 0.446. The third kappa shape index (κ3) is 2.60. The number of anilines is 2. The van der Waals surface area contributed by atoms with Gasteiger partial charge < -0.3 is 15.4 Å². The summed E-state index contributed by atoms with van der Waals surface area (Å²) >= 11 is 0. The third-order valence-electron chi connectivity index (χ3n) is 3.15. The maximum atomic E-state index is 12.2. The van der Waals surface area contributed by atoms with E-state index in [1.165, 1.54) is 0 Å². The van der Waals surface area contributed by atoms with Crippen molar-refractivity contribution >= 4 is 23.2 Å². The van der Waals surface area contributed by atoms with E-state index in [1.807, 2.05) is 6.07 Å². The molecule has 1 atom stereocenters. The molecule has 0 radical (unpaired) electrons. The van der Waals surface area contributed by atoms with Crippen LogP contribution in [0.2, 0.25) is 0 Å². The number of para-hydroxylation sites is 2. The molecule has 0 fully saturated rings. The van der Waals surface area contributed by atoms with Crippen LogP contribution in [0.3, 0.4) is 0 Å². The molecule has 2 aromatic rings. The zero-order valence-corrected chi connectivity index (χ0v) is 11.4. The Morgan fingerprint density at radius 3 is 2.64 bits per heavy atom. The van der Waals surface area contributed by atoms with E-state index in [1.54, 1.807) is 48.5 Å². The van der Waals surface area contributed by atoms with Crippen LogP contribution in [0, 0.1) is 11.3 Å². The van der Waals surface area contributed by atoms with E-state index in [0.717, 1.165) is 0 Å². The summed E-state index contributed by atoms with van der Waals surface area (Å²) in [6.07, 6.45) is -1.26. The number of rotatable bonds is 2. The molecule has 2 aromatic carbocycles. The second kappa shape index (κ2) is 5.58. The maximum Gasteiger partial charge on any atom is 0.275 e. The van der Waals surface area contributed by atoms with Crippen LogP contribution in [0.15, 0.2) is 48.5 Å². The lowest BCUT2D eigenvalue weighted by Gasteiger charge is -2.24. The van der Waals surface area contributed by atoms with Gasteiger partial charge in [-0.25, -0.2) is 0 Å². The smallest absolute Gasteiger partial charge is 0.275 e. The summed E-state index contributed by atoms with van der Waals surface area (Å²) in [5.74, 6) is -0.649. The Morgan fingerprint density at radius 1 is 1.18 bits per heavy atom. The second-order valence-electron chi connectivity index (χ2n) is 4.66. The van der Waals surface area contributed by atoms with E-state index in [2.05, 4.69) is 10.6 Å². The number of amides is 2. The monoisotopic (exact) mass is 293 g/mol. The first-order chi connectivity index (χ1) is 10.7. The molecule has 108 valence electrons. The fourth-order valence-corrected chi connectivity index (χ4v) is 2.06. The molecule has 2 amide bonds. The molecule has 0 saturated carbocycles. The predicted octanol–water partition coefficient (Wildman–Crippen LogP) is 1.90. The van der Waals surface area contributed by atoms with Gasteiger partial charge in [-0.3, -0.25) is 9.59 Å². The van der Waals surface area contributed by atoms with Gasteiger partial charge in [0.2, 0.25) is 0 Å². The molecule has 3 rings (SSSR count). The summed E-state index contributed by atoms with van der Waals surface area (Å²) in [6, 6.07) is 15.2. The Morgan fingerprint density at radius 2 is 1.91 bits per heavy atom. The standard InChI is InChI=1S/C16H11N3O3/c17-9-10-5-7-11(8-6-10)18-15(20)14-16(21)19-12-3-1-2-4-13(12)22-14/h1-8,14H,(H,18,20)(H,19,21). The Hall–Kier alpha value is -3.33. The van der Waals surface area contributed by atoms with Crippen LogP contribution in [0.1, 0.15) is 5.56 Å². The van der Waals surface area contributed by atoms with Gasteiger partial charge in [0.1, 0.15) is 5.75 Å². The largest absolute Gasteiger partial charge is 0.468 e. The van der Waals surface area contributed by atoms with Gasteiger partial charge in [0.05, 0.1) is 17.3 Å². The fraction of sp³-hybridized carbons (Fsp3) is 0.0625. The van der Waals surface area contributed by atoms with Crippen LogP contribution < -0.4 is 15.4 Å². The molecule has 0 spiro atoms. The van der Waals surface area contributed by atoms with Crippen LogP contribution in [0.4, 0.5) is 11.4 Å². The Balaban J connectivity index is 1.75. The molecule has 1 heterocycles. The van der Waals surface area contributed by atoms with Crippen LogP contribution in [-0.4, -0.2) is 17.9 Å². The Bertz CT molecular complexity index is 778. The topological polar surface area (TPSA) is 91.2 Å². The Kier molecular flexibility index (Phi) is 3.46. The normalized spacial score (nSPS) is 15.8. The molecule has 2 N–H and O–H groups in total. The summed E-state index contributed by atoms with van der Waals surface area (Å²) in [5, 5.41) is 13.9. The Labute approximate surface area is 126 Å². The van der Waals surface area contributed by atoms with Gasteiger partial charge in [0.15, 0.2) is 0 Å². The molecule has 1 aliphatic heterocycles. The number of hydrogen-bond donors (Lipinski definition) is 2. The SMILES string of the molecule is N#Cc1ccc(NC(=O)C2Oc3ccccc3NC2=O)cc1. The lowest BCUT2D eigenvalue weighted by molar-refractivity contribution is -0.133. The van der Waals surface area contributed by atoms with E-state index >= 15 is 0 Å². The van der Waals surface area contributed by atoms with E-state index in [-0.39, 0.29) is 0 Å². The van der Waals surface area contributed by atoms with Crippen molar-refractivity contribution in [2.24, 2.45) is 0 Å². The minimum atomic E-state index is -1.26. The molecule has 6 heteroatoms. The molecule has 0 aromatic heterocycles. The van der Waals surface area contributed by atoms with Gasteiger partial charge in [-0.15, -0.1) is 0 Å². The summed E-state index contributed by atoms with van der Waals surface area (Å²) < 4.78 is 5.45. The van der Waals surface area contributed by atoms with Crippen molar-refractivity contribution in [3.8, 4) is 11.8 Å². The highest BCUT2D eigenvalue weighted by Gasteiger charge is 2.33. The van der Waals surface area contributed by atoms with E-state index < -0.39 is 17.9 Å². The van der Waals surface area contributed by atoms with E-state index in [9.17, 15) is 9.59 Å². The van der Waals surface area contributed by atoms with Crippen LogP contribution in [0.5, 0.6) is 5.75 Å². The molecule has 0 bridgehead atoms. The highest BCUT2D eigenvalue weighted by molar-refractivity contribution is 6.15. The molecule has 6 nitrogen and oxygen atoms in total. The first-order valence-corrected chi connectivity index (χ1v) is 6.55. The average molecular weight is 293 g/mol. The number of carbonyl (C=O) groups excluding carboxylic acids is 2. The molecule has 1 aliphatic rings. The van der Waals surface area contributed by atoms with E-state index in [0.29, 0.717) is 22.7 Å². The summed E-state index contributed by atoms with van der Waals surface area (Å²) in [4.78, 5) is 24.1. The van der Waals surface area contributed by atoms with Gasteiger partial charge in [-0.2, -0.15) is 5.26 Å². The zero-order chi connectivity index (χ0) is 15.5. The number of hydrogen-bond acceptors (Lipinski definition) is 4. The van der Waals surface area contributed by atoms with Gasteiger partial charge in [-0.1, -0.05) is 12.1 Å². The molecular formula is C16H11N3O3. The van der Waals surface area contributed by atoms with Gasteiger partial charge in [0.25, 0.3) is 17.9 Å². The highest BCUT2D eigenvalue weighted by Crippen LogP contribution is 2.29. The summed E-state index contributed by atoms with van der Waals surface area (Å²) in [6.45, 7) is 0. The highest BCUT2D eigenvalue weighted by atomic mass is 16.5. The van der Waals surface area contributed by atoms with Crippen molar-refractivity contribution in [2.45, 2.75) is 6.10 Å². The van der Waals surface area contributed by atoms with Crippen molar-refractivity contribution in [1.29, 1.82) is 5.26 Å². The van der Waals surface area contributed by atoms with Gasteiger partial charge >= 0.3 is 0 Å². The summed E-state index contributed by atoms with van der Waals surface area (Å²) in [7, 11) is 0. The van der Waals surface area contributed by atoms with Crippen molar-refractivity contribution in [3.05, 3.63) is 54.1 Å². The third-order valence-corrected chi connectivity index (χ3v) is 3.15. The average Bonchev–Trinajstić information content (AvgIpc) is 2.54. The first-order valence-electron chi connectivity index (χ1n) is 6.55. The predicted molar refractivity (Wildman–Crippen MR) is 79.3 cm³/mol. The molecular weight excluding hydrogens is 282 g/mol. The number of nitrogens with zero attached hydrogens (tertiary/aromatic N) is 1. The van der Waals surface area contributed by atoms with Crippen molar-refractivity contribution in [2.75, 3.05) is 10.6 Å². The lowest BCUT2D eigenvalue weighted by Crippen LogP contribution is -2.45. The number of nitriles is 1. The lowest BCUT2D eigenvalue weighted by atomic mass is 10.2. The zero-order valence-electron chi connectivity index (χ0n) is 11.4. The number of nitrogens with one attached hydrogen (secondary N) is 2. The maximum absolute atomic E-state index is 12.2. The molecule has 0 saturated heterocycles. The number of benzene rings is 2. The number of fused-ring (bicyclic) bond motifs is 1. The molecule has 1 unspecified atom stereocenters. The second-order valence-corrected chi connectivity index (χ2v) is 4.66. The van der Waals surface area contributed by atoms with Gasteiger partial charge in [-0.05, 0) is 36.4 Å². The fourth-order valence-electron chi connectivity index (χ4n) is 2.06. The quantitative estimate of drug-likeness (QED) is 0.827. The molecule has 0 aliphatic carbocycles. The van der Waals surface area contributed by atoms with Crippen LogP contribution >= 0.6 is 0 Å².